The highest BCUT2D eigenvalue weighted by molar-refractivity contribution is 5.94. The summed E-state index contributed by atoms with van der Waals surface area (Å²) in [6, 6.07) is 10.6. The highest BCUT2D eigenvalue weighted by atomic mass is 16.5. The Morgan fingerprint density at radius 3 is 2.40 bits per heavy atom. The molecule has 1 saturated heterocycles. The largest absolute Gasteiger partial charge is 0.497 e. The average molecular weight is 343 g/mol. The molecule has 0 saturated carbocycles. The summed E-state index contributed by atoms with van der Waals surface area (Å²) in [5.74, 6) is 1.60. The minimum atomic E-state index is -0.0985. The van der Waals surface area contributed by atoms with E-state index in [9.17, 15) is 4.79 Å². The first kappa shape index (κ1) is 17.0. The van der Waals surface area contributed by atoms with Crippen LogP contribution in [0.3, 0.4) is 0 Å². The molecule has 3 rings (SSSR count). The van der Waals surface area contributed by atoms with Crippen LogP contribution in [0, 0.1) is 0 Å². The van der Waals surface area contributed by atoms with E-state index >= 15 is 0 Å². The first-order chi connectivity index (χ1) is 12.2. The van der Waals surface area contributed by atoms with Gasteiger partial charge in [-0.15, -0.1) is 10.2 Å². The molecule has 1 aliphatic rings. The predicted octanol–water partition coefficient (Wildman–Crippen LogP) is 2.18. The van der Waals surface area contributed by atoms with Crippen molar-refractivity contribution in [3.05, 3.63) is 42.0 Å². The number of nitrogens with zero attached hydrogens (tertiary/aromatic N) is 3. The number of amides is 1. The highest BCUT2D eigenvalue weighted by Gasteiger charge is 2.26. The number of rotatable bonds is 5. The fourth-order valence-corrected chi connectivity index (χ4v) is 2.79. The van der Waals surface area contributed by atoms with Gasteiger partial charge < -0.3 is 19.1 Å². The topological polar surface area (TPSA) is 73.8 Å². The molecule has 0 bridgehead atoms. The molecule has 2 heterocycles. The first-order valence-corrected chi connectivity index (χ1v) is 8.17. The zero-order chi connectivity index (χ0) is 17.6. The minimum absolute atomic E-state index is 0.00299. The van der Waals surface area contributed by atoms with Crippen molar-refractivity contribution >= 4 is 5.91 Å². The van der Waals surface area contributed by atoms with Crippen LogP contribution in [0.4, 0.5) is 0 Å². The summed E-state index contributed by atoms with van der Waals surface area (Å²) < 4.78 is 16.0. The van der Waals surface area contributed by atoms with E-state index in [2.05, 4.69) is 10.2 Å². The fraction of sp³-hybridized carbons (Fsp3) is 0.389. The second-order valence-corrected chi connectivity index (χ2v) is 5.78. The normalized spacial score (nSPS) is 17.0. The SMILES string of the molecule is COc1ccc(C(=O)N2CCCC(Oc3ccc(OC)nn3)C2)cc1. The van der Waals surface area contributed by atoms with Gasteiger partial charge in [0.25, 0.3) is 5.91 Å². The molecule has 1 aromatic carbocycles. The Bertz CT molecular complexity index is 703. The Morgan fingerprint density at radius 1 is 1.04 bits per heavy atom. The van der Waals surface area contributed by atoms with E-state index in [1.165, 1.54) is 7.11 Å². The van der Waals surface area contributed by atoms with Gasteiger partial charge in [0, 0.05) is 24.2 Å². The number of carbonyl (C=O) groups excluding carboxylic acids is 1. The molecule has 25 heavy (non-hydrogen) atoms. The van der Waals surface area contributed by atoms with Crippen LogP contribution in [0.5, 0.6) is 17.5 Å². The van der Waals surface area contributed by atoms with E-state index < -0.39 is 0 Å². The number of hydrogen-bond donors (Lipinski definition) is 0. The van der Waals surface area contributed by atoms with Gasteiger partial charge in [-0.2, -0.15) is 0 Å². The third-order valence-electron chi connectivity index (χ3n) is 4.11. The van der Waals surface area contributed by atoms with Crippen molar-refractivity contribution in [2.75, 3.05) is 27.3 Å². The Hall–Kier alpha value is -2.83. The van der Waals surface area contributed by atoms with Crippen LogP contribution in [0.1, 0.15) is 23.2 Å². The summed E-state index contributed by atoms with van der Waals surface area (Å²) in [4.78, 5) is 14.5. The van der Waals surface area contributed by atoms with Crippen molar-refractivity contribution in [2.24, 2.45) is 0 Å². The van der Waals surface area contributed by atoms with Gasteiger partial charge in [0.15, 0.2) is 0 Å². The molecular weight excluding hydrogens is 322 g/mol. The molecule has 7 nitrogen and oxygen atoms in total. The molecule has 1 aliphatic heterocycles. The summed E-state index contributed by atoms with van der Waals surface area (Å²) in [5, 5.41) is 7.87. The van der Waals surface area contributed by atoms with Crippen molar-refractivity contribution in [3.63, 3.8) is 0 Å². The quantitative estimate of drug-likeness (QED) is 0.828. The maximum atomic E-state index is 12.7. The predicted molar refractivity (Wildman–Crippen MR) is 91.1 cm³/mol. The van der Waals surface area contributed by atoms with E-state index in [0.29, 0.717) is 23.9 Å². The monoisotopic (exact) mass is 343 g/mol. The Morgan fingerprint density at radius 2 is 1.76 bits per heavy atom. The van der Waals surface area contributed by atoms with Crippen molar-refractivity contribution in [2.45, 2.75) is 18.9 Å². The van der Waals surface area contributed by atoms with E-state index in [0.717, 1.165) is 25.1 Å². The number of benzene rings is 1. The van der Waals surface area contributed by atoms with Crippen LogP contribution in [0.2, 0.25) is 0 Å². The molecule has 7 heteroatoms. The van der Waals surface area contributed by atoms with Gasteiger partial charge in [-0.05, 0) is 37.1 Å². The van der Waals surface area contributed by atoms with Gasteiger partial charge in [-0.25, -0.2) is 0 Å². The number of likely N-dealkylation sites (tertiary alicyclic amines) is 1. The van der Waals surface area contributed by atoms with E-state index in [1.807, 2.05) is 4.90 Å². The van der Waals surface area contributed by atoms with Crippen LogP contribution in [0.15, 0.2) is 36.4 Å². The Kier molecular flexibility index (Phi) is 5.33. The second-order valence-electron chi connectivity index (χ2n) is 5.78. The molecule has 0 radical (unpaired) electrons. The maximum Gasteiger partial charge on any atom is 0.253 e. The third kappa shape index (κ3) is 4.17. The molecular formula is C18H21N3O4. The number of ether oxygens (including phenoxy) is 3. The molecule has 1 atom stereocenters. The van der Waals surface area contributed by atoms with Crippen molar-refractivity contribution in [3.8, 4) is 17.5 Å². The van der Waals surface area contributed by atoms with Gasteiger partial charge in [0.05, 0.1) is 20.8 Å². The highest BCUT2D eigenvalue weighted by Crippen LogP contribution is 2.20. The lowest BCUT2D eigenvalue weighted by Gasteiger charge is -2.32. The third-order valence-corrected chi connectivity index (χ3v) is 4.11. The van der Waals surface area contributed by atoms with Gasteiger partial charge in [0.2, 0.25) is 11.8 Å². The number of aromatic nitrogens is 2. The second kappa shape index (κ2) is 7.83. The van der Waals surface area contributed by atoms with Crippen LogP contribution in [0.25, 0.3) is 0 Å². The standard InChI is InChI=1S/C18H21N3O4/c1-23-14-7-5-13(6-8-14)18(22)21-11-3-4-15(12-21)25-17-10-9-16(24-2)19-20-17/h5-10,15H,3-4,11-12H2,1-2H3. The van der Waals surface area contributed by atoms with Crippen LogP contribution < -0.4 is 14.2 Å². The zero-order valence-corrected chi connectivity index (χ0v) is 14.3. The van der Waals surface area contributed by atoms with Crippen molar-refractivity contribution in [1.82, 2.24) is 15.1 Å². The van der Waals surface area contributed by atoms with Crippen LogP contribution in [-0.4, -0.2) is 54.4 Å². The summed E-state index contributed by atoms with van der Waals surface area (Å²) in [6.45, 7) is 1.25. The van der Waals surface area contributed by atoms with Crippen LogP contribution in [-0.2, 0) is 0 Å². The minimum Gasteiger partial charge on any atom is -0.497 e. The van der Waals surface area contributed by atoms with Crippen molar-refractivity contribution < 1.29 is 19.0 Å². The Labute approximate surface area is 146 Å². The van der Waals surface area contributed by atoms with Gasteiger partial charge in [-0.1, -0.05) is 0 Å². The molecule has 1 amide bonds. The maximum absolute atomic E-state index is 12.7. The van der Waals surface area contributed by atoms with Gasteiger partial charge in [0.1, 0.15) is 11.9 Å². The molecule has 1 aromatic heterocycles. The lowest BCUT2D eigenvalue weighted by Crippen LogP contribution is -2.44. The first-order valence-electron chi connectivity index (χ1n) is 8.17. The molecule has 0 spiro atoms. The molecule has 0 N–H and O–H groups in total. The van der Waals surface area contributed by atoms with E-state index in [4.69, 9.17) is 14.2 Å². The molecule has 0 aliphatic carbocycles. The number of piperidine rings is 1. The van der Waals surface area contributed by atoms with E-state index in [1.54, 1.807) is 43.5 Å². The van der Waals surface area contributed by atoms with Gasteiger partial charge in [-0.3, -0.25) is 4.79 Å². The number of hydrogen-bond acceptors (Lipinski definition) is 6. The number of methoxy groups -OCH3 is 2. The molecule has 1 unspecified atom stereocenters. The summed E-state index contributed by atoms with van der Waals surface area (Å²) in [7, 11) is 3.14. The van der Waals surface area contributed by atoms with Crippen molar-refractivity contribution in [1.29, 1.82) is 0 Å². The smallest absolute Gasteiger partial charge is 0.253 e. The lowest BCUT2D eigenvalue weighted by molar-refractivity contribution is 0.0525. The van der Waals surface area contributed by atoms with Crippen LogP contribution >= 0.6 is 0 Å². The van der Waals surface area contributed by atoms with Gasteiger partial charge >= 0.3 is 0 Å². The van der Waals surface area contributed by atoms with E-state index in [-0.39, 0.29) is 12.0 Å². The lowest BCUT2D eigenvalue weighted by atomic mass is 10.1. The average Bonchev–Trinajstić information content (AvgIpc) is 2.68. The summed E-state index contributed by atoms with van der Waals surface area (Å²) in [5.41, 5.74) is 0.644. The molecule has 2 aromatic rings. The summed E-state index contributed by atoms with van der Waals surface area (Å²) >= 11 is 0. The molecule has 1 fully saturated rings. The zero-order valence-electron chi connectivity index (χ0n) is 14.3. The number of carbonyl (C=O) groups is 1. The summed E-state index contributed by atoms with van der Waals surface area (Å²) in [6.07, 6.45) is 1.66. The Balaban J connectivity index is 1.62. The fourth-order valence-electron chi connectivity index (χ4n) is 2.79. The molecule has 132 valence electrons.